The molecular weight excluding hydrogens is 248 g/mol. The Morgan fingerprint density at radius 2 is 1.80 bits per heavy atom. The Morgan fingerprint density at radius 3 is 2.35 bits per heavy atom. The van der Waals surface area contributed by atoms with Crippen molar-refractivity contribution in [1.29, 1.82) is 0 Å². The highest BCUT2D eigenvalue weighted by Crippen LogP contribution is 2.33. The predicted molar refractivity (Wildman–Crippen MR) is 85.0 cm³/mol. The van der Waals surface area contributed by atoms with Gasteiger partial charge >= 0.3 is 0 Å². The molecule has 0 aromatic carbocycles. The van der Waals surface area contributed by atoms with Crippen LogP contribution in [-0.2, 0) is 4.74 Å². The van der Waals surface area contributed by atoms with E-state index in [1.165, 1.54) is 25.9 Å². The fourth-order valence-electron chi connectivity index (χ4n) is 3.65. The molecule has 2 rings (SSSR count). The minimum absolute atomic E-state index is 0.449. The molecule has 2 atom stereocenters. The summed E-state index contributed by atoms with van der Waals surface area (Å²) in [5.41, 5.74) is 0.449. The normalized spacial score (nSPS) is 31.9. The summed E-state index contributed by atoms with van der Waals surface area (Å²) in [5.74, 6) is 1.44. The molecule has 2 unspecified atom stereocenters. The molecule has 2 fully saturated rings. The zero-order valence-corrected chi connectivity index (χ0v) is 14.1. The molecule has 2 saturated heterocycles. The lowest BCUT2D eigenvalue weighted by Gasteiger charge is -2.48. The van der Waals surface area contributed by atoms with Gasteiger partial charge in [-0.15, -0.1) is 0 Å². The van der Waals surface area contributed by atoms with Crippen molar-refractivity contribution < 1.29 is 4.74 Å². The molecule has 2 aliphatic heterocycles. The van der Waals surface area contributed by atoms with E-state index in [0.29, 0.717) is 23.4 Å². The van der Waals surface area contributed by atoms with E-state index in [1.54, 1.807) is 0 Å². The standard InChI is InChI=1S/C17H34N2O/c1-13(2)15-11-19(16(10-18-15)14(3)4)12-17(5)6-8-20-9-7-17/h13-16,18H,6-12H2,1-5H3. The molecular formula is C17H34N2O. The van der Waals surface area contributed by atoms with E-state index in [2.05, 4.69) is 44.8 Å². The number of hydrogen-bond acceptors (Lipinski definition) is 3. The zero-order chi connectivity index (χ0) is 14.8. The van der Waals surface area contributed by atoms with Gasteiger partial charge in [0.05, 0.1) is 0 Å². The van der Waals surface area contributed by atoms with Gasteiger partial charge in [0, 0.05) is 44.9 Å². The smallest absolute Gasteiger partial charge is 0.0471 e. The third-order valence-electron chi connectivity index (χ3n) is 5.35. The summed E-state index contributed by atoms with van der Waals surface area (Å²) in [6, 6.07) is 1.33. The van der Waals surface area contributed by atoms with Crippen LogP contribution in [0.2, 0.25) is 0 Å². The van der Waals surface area contributed by atoms with Crippen LogP contribution in [0.15, 0.2) is 0 Å². The van der Waals surface area contributed by atoms with Crippen molar-refractivity contribution in [3.63, 3.8) is 0 Å². The van der Waals surface area contributed by atoms with Crippen LogP contribution in [0, 0.1) is 17.3 Å². The van der Waals surface area contributed by atoms with Gasteiger partial charge in [0.15, 0.2) is 0 Å². The molecule has 0 aromatic rings. The van der Waals surface area contributed by atoms with E-state index in [9.17, 15) is 0 Å². The summed E-state index contributed by atoms with van der Waals surface area (Å²) in [7, 11) is 0. The van der Waals surface area contributed by atoms with Gasteiger partial charge in [0.25, 0.3) is 0 Å². The predicted octanol–water partition coefficient (Wildman–Crippen LogP) is 2.76. The summed E-state index contributed by atoms with van der Waals surface area (Å²) in [6.07, 6.45) is 2.43. The van der Waals surface area contributed by atoms with Gasteiger partial charge in [0.2, 0.25) is 0 Å². The van der Waals surface area contributed by atoms with Crippen LogP contribution in [0.5, 0.6) is 0 Å². The van der Waals surface area contributed by atoms with Crippen molar-refractivity contribution in [2.24, 2.45) is 17.3 Å². The summed E-state index contributed by atoms with van der Waals surface area (Å²) in [5, 5.41) is 3.76. The van der Waals surface area contributed by atoms with Gasteiger partial charge < -0.3 is 10.1 Å². The molecule has 118 valence electrons. The first kappa shape index (κ1) is 16.3. The maximum atomic E-state index is 5.56. The average molecular weight is 282 g/mol. The van der Waals surface area contributed by atoms with Crippen LogP contribution in [0.4, 0.5) is 0 Å². The summed E-state index contributed by atoms with van der Waals surface area (Å²) < 4.78 is 5.56. The lowest BCUT2D eigenvalue weighted by molar-refractivity contribution is -0.0190. The van der Waals surface area contributed by atoms with Crippen molar-refractivity contribution >= 4 is 0 Å². The summed E-state index contributed by atoms with van der Waals surface area (Å²) in [4.78, 5) is 2.77. The van der Waals surface area contributed by atoms with Crippen LogP contribution in [0.3, 0.4) is 0 Å². The van der Waals surface area contributed by atoms with E-state index < -0.39 is 0 Å². The van der Waals surface area contributed by atoms with E-state index >= 15 is 0 Å². The van der Waals surface area contributed by atoms with Crippen LogP contribution in [0.1, 0.15) is 47.5 Å². The molecule has 3 nitrogen and oxygen atoms in total. The van der Waals surface area contributed by atoms with Gasteiger partial charge in [-0.3, -0.25) is 4.90 Å². The van der Waals surface area contributed by atoms with E-state index in [0.717, 1.165) is 25.7 Å². The number of rotatable bonds is 4. The molecule has 0 aromatic heterocycles. The van der Waals surface area contributed by atoms with Crippen LogP contribution in [0.25, 0.3) is 0 Å². The Bertz CT molecular complexity index is 297. The Hall–Kier alpha value is -0.120. The van der Waals surface area contributed by atoms with Gasteiger partial charge in [-0.2, -0.15) is 0 Å². The largest absolute Gasteiger partial charge is 0.381 e. The van der Waals surface area contributed by atoms with Gasteiger partial charge in [-0.25, -0.2) is 0 Å². The Morgan fingerprint density at radius 1 is 1.15 bits per heavy atom. The maximum Gasteiger partial charge on any atom is 0.0471 e. The quantitative estimate of drug-likeness (QED) is 0.858. The Balaban J connectivity index is 2.02. The number of nitrogens with one attached hydrogen (secondary N) is 1. The number of ether oxygens (including phenoxy) is 1. The molecule has 0 radical (unpaired) electrons. The highest BCUT2D eigenvalue weighted by molar-refractivity contribution is 4.92. The minimum atomic E-state index is 0.449. The van der Waals surface area contributed by atoms with Crippen molar-refractivity contribution in [3.8, 4) is 0 Å². The van der Waals surface area contributed by atoms with Crippen LogP contribution < -0.4 is 5.32 Å². The average Bonchev–Trinajstić information content (AvgIpc) is 2.38. The molecule has 1 N–H and O–H groups in total. The molecule has 0 bridgehead atoms. The Labute approximate surface area is 125 Å². The highest BCUT2D eigenvalue weighted by Gasteiger charge is 2.36. The highest BCUT2D eigenvalue weighted by atomic mass is 16.5. The van der Waals surface area contributed by atoms with Crippen LogP contribution >= 0.6 is 0 Å². The third kappa shape index (κ3) is 3.96. The van der Waals surface area contributed by atoms with Crippen molar-refractivity contribution in [2.75, 3.05) is 32.8 Å². The number of hydrogen-bond donors (Lipinski definition) is 1. The molecule has 3 heteroatoms. The maximum absolute atomic E-state index is 5.56. The second-order valence-electron chi connectivity index (χ2n) is 7.92. The molecule has 2 aliphatic rings. The molecule has 20 heavy (non-hydrogen) atoms. The van der Waals surface area contributed by atoms with Crippen LogP contribution in [-0.4, -0.2) is 49.8 Å². The minimum Gasteiger partial charge on any atom is -0.381 e. The van der Waals surface area contributed by atoms with Crippen molar-refractivity contribution in [1.82, 2.24) is 10.2 Å². The van der Waals surface area contributed by atoms with E-state index in [4.69, 9.17) is 4.74 Å². The van der Waals surface area contributed by atoms with Gasteiger partial charge in [0.1, 0.15) is 0 Å². The fourth-order valence-corrected chi connectivity index (χ4v) is 3.65. The second kappa shape index (κ2) is 6.76. The first-order valence-corrected chi connectivity index (χ1v) is 8.46. The lowest BCUT2D eigenvalue weighted by atomic mass is 9.80. The first-order valence-electron chi connectivity index (χ1n) is 8.46. The Kier molecular flexibility index (Phi) is 5.49. The van der Waals surface area contributed by atoms with E-state index in [-0.39, 0.29) is 0 Å². The van der Waals surface area contributed by atoms with Gasteiger partial charge in [-0.05, 0) is 30.1 Å². The molecule has 0 amide bonds. The SMILES string of the molecule is CC(C)C1CN(CC2(C)CCOCC2)C(C(C)C)CN1. The summed E-state index contributed by atoms with van der Waals surface area (Å²) in [6.45, 7) is 17.3. The van der Waals surface area contributed by atoms with Crippen molar-refractivity contribution in [2.45, 2.75) is 59.5 Å². The number of piperazine rings is 1. The summed E-state index contributed by atoms with van der Waals surface area (Å²) >= 11 is 0. The van der Waals surface area contributed by atoms with Gasteiger partial charge in [-0.1, -0.05) is 34.6 Å². The first-order chi connectivity index (χ1) is 9.41. The third-order valence-corrected chi connectivity index (χ3v) is 5.35. The number of nitrogens with zero attached hydrogens (tertiary/aromatic N) is 1. The molecule has 0 aliphatic carbocycles. The molecule has 0 saturated carbocycles. The van der Waals surface area contributed by atoms with E-state index in [1.807, 2.05) is 0 Å². The fraction of sp³-hybridized carbons (Fsp3) is 1.00. The monoisotopic (exact) mass is 282 g/mol. The lowest BCUT2D eigenvalue weighted by Crippen LogP contribution is -2.61. The zero-order valence-electron chi connectivity index (χ0n) is 14.1. The molecule has 0 spiro atoms. The van der Waals surface area contributed by atoms with Crippen molar-refractivity contribution in [3.05, 3.63) is 0 Å². The second-order valence-corrected chi connectivity index (χ2v) is 7.92. The topological polar surface area (TPSA) is 24.5 Å². The molecule has 2 heterocycles.